The molecule has 6 heteroatoms. The monoisotopic (exact) mass is 394 g/mol. The zero-order valence-electron chi connectivity index (χ0n) is 16.3. The topological polar surface area (TPSA) is 76.1 Å². The summed E-state index contributed by atoms with van der Waals surface area (Å²) in [5, 5.41) is 2.73. The number of anilines is 1. The van der Waals surface area contributed by atoms with Crippen LogP contribution < -0.4 is 5.32 Å². The van der Waals surface area contributed by atoms with Crippen molar-refractivity contribution < 1.29 is 13.2 Å². The highest BCUT2D eigenvalue weighted by atomic mass is 32.2. The van der Waals surface area contributed by atoms with Crippen molar-refractivity contribution in [1.82, 2.24) is 4.98 Å². The summed E-state index contributed by atoms with van der Waals surface area (Å²) < 4.78 is 25.6. The first-order chi connectivity index (χ1) is 13.2. The molecule has 0 unspecified atom stereocenters. The van der Waals surface area contributed by atoms with Gasteiger partial charge >= 0.3 is 0 Å². The van der Waals surface area contributed by atoms with Crippen molar-refractivity contribution in [1.29, 1.82) is 0 Å². The molecule has 2 aromatic carbocycles. The predicted octanol–water partition coefficient (Wildman–Crippen LogP) is 4.40. The molecule has 0 saturated carbocycles. The van der Waals surface area contributed by atoms with Crippen molar-refractivity contribution in [3.05, 3.63) is 82.5 Å². The molecule has 1 aromatic heterocycles. The van der Waals surface area contributed by atoms with E-state index in [1.165, 1.54) is 18.3 Å². The summed E-state index contributed by atoms with van der Waals surface area (Å²) in [7, 11) is -3.73. The van der Waals surface area contributed by atoms with Gasteiger partial charge in [0.15, 0.2) is 5.03 Å². The summed E-state index contributed by atoms with van der Waals surface area (Å²) >= 11 is 0. The molecule has 0 aliphatic rings. The minimum Gasteiger partial charge on any atom is -0.322 e. The number of hydrogen-bond donors (Lipinski definition) is 1. The number of nitrogens with zero attached hydrogens (tertiary/aromatic N) is 1. The Kier molecular flexibility index (Phi) is 5.34. The number of amides is 1. The zero-order valence-corrected chi connectivity index (χ0v) is 17.1. The van der Waals surface area contributed by atoms with Crippen molar-refractivity contribution in [2.75, 3.05) is 5.32 Å². The van der Waals surface area contributed by atoms with E-state index < -0.39 is 9.84 Å². The van der Waals surface area contributed by atoms with Crippen LogP contribution in [-0.2, 0) is 9.84 Å². The van der Waals surface area contributed by atoms with Crippen molar-refractivity contribution in [2.45, 2.75) is 37.6 Å². The first-order valence-electron chi connectivity index (χ1n) is 8.85. The normalized spacial score (nSPS) is 11.3. The number of aryl methyl sites for hydroxylation is 4. The number of aromatic nitrogens is 1. The minimum absolute atomic E-state index is 0.0845. The lowest BCUT2D eigenvalue weighted by molar-refractivity contribution is 0.102. The van der Waals surface area contributed by atoms with Crippen molar-refractivity contribution in [2.24, 2.45) is 0 Å². The standard InChI is InChI=1S/C22H22N2O3S/c1-14-9-15(2)11-19(10-14)24-22(25)18-6-8-21(23-13-18)28(26,27)20-7-5-16(3)17(4)12-20/h5-13H,1-4H3,(H,24,25). The van der Waals surface area contributed by atoms with Crippen LogP contribution in [0.5, 0.6) is 0 Å². The molecule has 3 rings (SSSR count). The third kappa shape index (κ3) is 4.12. The second-order valence-electron chi connectivity index (χ2n) is 6.97. The maximum Gasteiger partial charge on any atom is 0.257 e. The molecule has 144 valence electrons. The average Bonchev–Trinajstić information content (AvgIpc) is 2.63. The average molecular weight is 394 g/mol. The van der Waals surface area contributed by atoms with Crippen molar-refractivity contribution in [3.63, 3.8) is 0 Å². The molecule has 28 heavy (non-hydrogen) atoms. The molecule has 0 aliphatic heterocycles. The van der Waals surface area contributed by atoms with Gasteiger partial charge in [-0.05, 0) is 86.3 Å². The summed E-state index contributed by atoms with van der Waals surface area (Å²) in [6, 6.07) is 13.6. The molecule has 0 saturated heterocycles. The van der Waals surface area contributed by atoms with Crippen LogP contribution in [0.15, 0.2) is 64.6 Å². The molecule has 0 spiro atoms. The number of sulfone groups is 1. The maximum atomic E-state index is 12.8. The van der Waals surface area contributed by atoms with E-state index in [9.17, 15) is 13.2 Å². The second-order valence-corrected chi connectivity index (χ2v) is 8.86. The number of pyridine rings is 1. The molecular formula is C22H22N2O3S. The number of benzene rings is 2. The van der Waals surface area contributed by atoms with Gasteiger partial charge in [0, 0.05) is 11.9 Å². The number of carbonyl (C=O) groups excluding carboxylic acids is 1. The van der Waals surface area contributed by atoms with E-state index in [0.717, 1.165) is 22.3 Å². The van der Waals surface area contributed by atoms with E-state index in [1.54, 1.807) is 18.2 Å². The van der Waals surface area contributed by atoms with Crippen LogP contribution in [0.3, 0.4) is 0 Å². The molecule has 0 radical (unpaired) electrons. The van der Waals surface area contributed by atoms with Gasteiger partial charge < -0.3 is 5.32 Å². The van der Waals surface area contributed by atoms with Gasteiger partial charge in [-0.2, -0.15) is 0 Å². The minimum atomic E-state index is -3.73. The summed E-state index contributed by atoms with van der Waals surface area (Å²) in [6.45, 7) is 7.70. The van der Waals surface area contributed by atoms with Crippen LogP contribution >= 0.6 is 0 Å². The largest absolute Gasteiger partial charge is 0.322 e. The third-order valence-electron chi connectivity index (χ3n) is 4.54. The van der Waals surface area contributed by atoms with Crippen LogP contribution in [-0.4, -0.2) is 19.3 Å². The lowest BCUT2D eigenvalue weighted by Gasteiger charge is -2.09. The Morgan fingerprint density at radius 2 is 1.54 bits per heavy atom. The van der Waals surface area contributed by atoms with Gasteiger partial charge in [-0.25, -0.2) is 13.4 Å². The quantitative estimate of drug-likeness (QED) is 0.712. The van der Waals surface area contributed by atoms with Crippen LogP contribution in [0.1, 0.15) is 32.6 Å². The van der Waals surface area contributed by atoms with Gasteiger partial charge in [0.2, 0.25) is 9.84 Å². The Labute approximate surface area is 165 Å². The van der Waals surface area contributed by atoms with Crippen molar-refractivity contribution >= 4 is 21.4 Å². The molecule has 0 fully saturated rings. The summed E-state index contributed by atoms with van der Waals surface area (Å²) in [5.41, 5.74) is 4.98. The molecule has 1 amide bonds. The Morgan fingerprint density at radius 1 is 0.857 bits per heavy atom. The SMILES string of the molecule is Cc1cc(C)cc(NC(=O)c2ccc(S(=O)(=O)c3ccc(C)c(C)c3)nc2)c1. The van der Waals surface area contributed by atoms with Crippen LogP contribution in [0.25, 0.3) is 0 Å². The van der Waals surface area contributed by atoms with Crippen LogP contribution in [0, 0.1) is 27.7 Å². The Morgan fingerprint density at radius 3 is 2.11 bits per heavy atom. The van der Waals surface area contributed by atoms with Gasteiger partial charge in [-0.3, -0.25) is 4.79 Å². The fraction of sp³-hybridized carbons (Fsp3) is 0.182. The van der Waals surface area contributed by atoms with Gasteiger partial charge in [-0.1, -0.05) is 12.1 Å². The molecule has 1 N–H and O–H groups in total. The fourth-order valence-electron chi connectivity index (χ4n) is 2.93. The smallest absolute Gasteiger partial charge is 0.257 e. The zero-order chi connectivity index (χ0) is 20.5. The van der Waals surface area contributed by atoms with E-state index in [-0.39, 0.29) is 21.4 Å². The molecule has 0 aliphatic carbocycles. The number of carbonyl (C=O) groups is 1. The summed E-state index contributed by atoms with van der Waals surface area (Å²) in [5.74, 6) is -0.340. The second kappa shape index (κ2) is 7.56. The first-order valence-corrected chi connectivity index (χ1v) is 10.3. The van der Waals surface area contributed by atoms with E-state index >= 15 is 0 Å². The van der Waals surface area contributed by atoms with E-state index in [4.69, 9.17) is 0 Å². The van der Waals surface area contributed by atoms with E-state index in [1.807, 2.05) is 45.9 Å². The number of hydrogen-bond acceptors (Lipinski definition) is 4. The lowest BCUT2D eigenvalue weighted by atomic mass is 10.1. The van der Waals surface area contributed by atoms with Crippen LogP contribution in [0.4, 0.5) is 5.69 Å². The first kappa shape index (κ1) is 19.8. The predicted molar refractivity (Wildman–Crippen MR) is 109 cm³/mol. The molecule has 3 aromatic rings. The Bertz CT molecular complexity index is 1130. The third-order valence-corrected chi connectivity index (χ3v) is 6.21. The Balaban J connectivity index is 1.84. The number of nitrogens with one attached hydrogen (secondary N) is 1. The Hall–Kier alpha value is -2.99. The molecule has 1 heterocycles. The fourth-order valence-corrected chi connectivity index (χ4v) is 4.18. The van der Waals surface area contributed by atoms with E-state index in [0.29, 0.717) is 5.69 Å². The molecule has 0 atom stereocenters. The molecule has 5 nitrogen and oxygen atoms in total. The van der Waals surface area contributed by atoms with Gasteiger partial charge in [0.05, 0.1) is 10.5 Å². The molecular weight excluding hydrogens is 372 g/mol. The summed E-state index contributed by atoms with van der Waals surface area (Å²) in [6.07, 6.45) is 1.28. The van der Waals surface area contributed by atoms with Gasteiger partial charge in [0.25, 0.3) is 5.91 Å². The number of rotatable bonds is 4. The highest BCUT2D eigenvalue weighted by Gasteiger charge is 2.20. The lowest BCUT2D eigenvalue weighted by Crippen LogP contribution is -2.13. The highest BCUT2D eigenvalue weighted by molar-refractivity contribution is 7.91. The van der Waals surface area contributed by atoms with Gasteiger partial charge in [-0.15, -0.1) is 0 Å². The van der Waals surface area contributed by atoms with Gasteiger partial charge in [0.1, 0.15) is 0 Å². The van der Waals surface area contributed by atoms with Crippen LogP contribution in [0.2, 0.25) is 0 Å². The summed E-state index contributed by atoms with van der Waals surface area (Å²) in [4.78, 5) is 16.7. The van der Waals surface area contributed by atoms with Crippen molar-refractivity contribution in [3.8, 4) is 0 Å². The highest BCUT2D eigenvalue weighted by Crippen LogP contribution is 2.22. The maximum absolute atomic E-state index is 12.8. The van der Waals surface area contributed by atoms with E-state index in [2.05, 4.69) is 10.3 Å². The molecule has 0 bridgehead atoms.